The van der Waals surface area contributed by atoms with Gasteiger partial charge >= 0.3 is 0 Å². The molecule has 0 radical (unpaired) electrons. The van der Waals surface area contributed by atoms with Gasteiger partial charge in [-0.3, -0.25) is 4.79 Å². The Hall–Kier alpha value is -3.30. The predicted molar refractivity (Wildman–Crippen MR) is 130 cm³/mol. The number of phenolic OH excluding ortho intramolecular Hbond substituents is 1. The maximum Gasteiger partial charge on any atom is 0.229 e. The van der Waals surface area contributed by atoms with Crippen molar-refractivity contribution in [3.05, 3.63) is 35.9 Å². The molecule has 4 heterocycles. The van der Waals surface area contributed by atoms with Gasteiger partial charge in [0.15, 0.2) is 11.4 Å². The fraction of sp³-hybridized carbons (Fsp3) is 0.440. The molecule has 2 saturated heterocycles. The molecule has 34 heavy (non-hydrogen) atoms. The summed E-state index contributed by atoms with van der Waals surface area (Å²) in [7, 11) is 0. The van der Waals surface area contributed by atoms with Crippen molar-refractivity contribution in [2.45, 2.75) is 32.9 Å². The zero-order chi connectivity index (χ0) is 23.8. The van der Waals surface area contributed by atoms with Crippen molar-refractivity contribution in [1.82, 2.24) is 15.0 Å². The highest BCUT2D eigenvalue weighted by Crippen LogP contribution is 2.32. The minimum Gasteiger partial charge on any atom is -0.507 e. The van der Waals surface area contributed by atoms with Crippen molar-refractivity contribution < 1.29 is 19.4 Å². The number of carbonyl (C=O) groups is 1. The Bertz CT molecular complexity index is 1230. The van der Waals surface area contributed by atoms with E-state index in [1.807, 2.05) is 12.1 Å². The van der Waals surface area contributed by atoms with Crippen LogP contribution in [0.5, 0.6) is 5.75 Å². The van der Waals surface area contributed by atoms with Crippen LogP contribution in [0.3, 0.4) is 0 Å². The van der Waals surface area contributed by atoms with Gasteiger partial charge in [-0.1, -0.05) is 0 Å². The largest absolute Gasteiger partial charge is 0.507 e. The molecule has 9 heteroatoms. The van der Waals surface area contributed by atoms with Crippen LogP contribution in [0.25, 0.3) is 22.3 Å². The number of ether oxygens (including phenoxy) is 2. The van der Waals surface area contributed by atoms with Crippen LogP contribution in [-0.2, 0) is 9.47 Å². The maximum atomic E-state index is 11.9. The molecule has 9 nitrogen and oxygen atoms in total. The quantitative estimate of drug-likeness (QED) is 0.585. The number of ketones is 1. The van der Waals surface area contributed by atoms with E-state index in [2.05, 4.69) is 23.6 Å². The van der Waals surface area contributed by atoms with Gasteiger partial charge in [-0.25, -0.2) is 4.98 Å². The summed E-state index contributed by atoms with van der Waals surface area (Å²) in [6.45, 7) is 9.67. The van der Waals surface area contributed by atoms with E-state index in [4.69, 9.17) is 24.4 Å². The normalized spacial score (nSPS) is 21.1. The number of benzene rings is 1. The van der Waals surface area contributed by atoms with Crippen LogP contribution in [-0.4, -0.2) is 77.4 Å². The number of rotatable bonds is 4. The van der Waals surface area contributed by atoms with Crippen molar-refractivity contribution in [2.75, 3.05) is 49.3 Å². The van der Waals surface area contributed by atoms with Gasteiger partial charge in [0.2, 0.25) is 5.95 Å². The van der Waals surface area contributed by atoms with Crippen molar-refractivity contribution in [3.8, 4) is 17.0 Å². The highest BCUT2D eigenvalue weighted by Gasteiger charge is 2.27. The third-order valence-electron chi connectivity index (χ3n) is 6.46. The van der Waals surface area contributed by atoms with Gasteiger partial charge in [-0.05, 0) is 51.1 Å². The highest BCUT2D eigenvalue weighted by molar-refractivity contribution is 5.98. The minimum atomic E-state index is -0.199. The van der Waals surface area contributed by atoms with Gasteiger partial charge in [0.1, 0.15) is 11.6 Å². The fourth-order valence-corrected chi connectivity index (χ4v) is 4.53. The smallest absolute Gasteiger partial charge is 0.229 e. The van der Waals surface area contributed by atoms with Crippen LogP contribution in [0.4, 0.5) is 11.8 Å². The van der Waals surface area contributed by atoms with Gasteiger partial charge in [0.05, 0.1) is 55.2 Å². The lowest BCUT2D eigenvalue weighted by molar-refractivity contribution is 0.0973. The molecule has 0 aliphatic carbocycles. The molecule has 1 aromatic carbocycles. The standard InChI is InChI=1S/C25H29N5O4/c1-15-13-33-10-8-29(15)24-19-5-6-21(18-4-7-22(32)20(12-18)17(3)31)26-23(19)27-25(28-24)30-9-11-34-14-16(30)2/h4-7,12,15-16,32H,8-11,13-14H2,1-3H3/t15-,16-/m0/s1. The number of pyridine rings is 1. The van der Waals surface area contributed by atoms with E-state index < -0.39 is 0 Å². The molecular formula is C25H29N5O4. The summed E-state index contributed by atoms with van der Waals surface area (Å²) in [4.78, 5) is 31.1. The molecule has 0 spiro atoms. The summed E-state index contributed by atoms with van der Waals surface area (Å²) in [5.41, 5.74) is 2.28. The van der Waals surface area contributed by atoms with E-state index in [-0.39, 0.29) is 29.2 Å². The number of Topliss-reactive ketones (excluding diaryl/α,β-unsaturated/α-hetero) is 1. The average Bonchev–Trinajstić information content (AvgIpc) is 2.84. The average molecular weight is 464 g/mol. The first kappa shape index (κ1) is 22.5. The highest BCUT2D eigenvalue weighted by atomic mass is 16.5. The van der Waals surface area contributed by atoms with E-state index in [1.165, 1.54) is 13.0 Å². The Kier molecular flexibility index (Phi) is 6.05. The molecule has 1 N–H and O–H groups in total. The summed E-state index contributed by atoms with van der Waals surface area (Å²) >= 11 is 0. The molecule has 0 bridgehead atoms. The van der Waals surface area contributed by atoms with Crippen LogP contribution in [0.2, 0.25) is 0 Å². The van der Waals surface area contributed by atoms with Crippen molar-refractivity contribution in [2.24, 2.45) is 0 Å². The number of nitrogens with zero attached hydrogens (tertiary/aromatic N) is 5. The molecule has 2 fully saturated rings. The Labute approximate surface area is 198 Å². The molecule has 2 atom stereocenters. The molecule has 0 amide bonds. The number of aromatic hydroxyl groups is 1. The Morgan fingerprint density at radius 3 is 2.35 bits per heavy atom. The molecule has 0 unspecified atom stereocenters. The summed E-state index contributed by atoms with van der Waals surface area (Å²) in [5, 5.41) is 10.9. The number of hydrogen-bond donors (Lipinski definition) is 1. The zero-order valence-corrected chi connectivity index (χ0v) is 19.7. The van der Waals surface area contributed by atoms with Crippen LogP contribution in [0.1, 0.15) is 31.1 Å². The Morgan fingerprint density at radius 2 is 1.68 bits per heavy atom. The number of morpholine rings is 2. The molecule has 2 aliphatic heterocycles. The molecule has 178 valence electrons. The van der Waals surface area contributed by atoms with E-state index in [9.17, 15) is 9.90 Å². The maximum absolute atomic E-state index is 11.9. The second-order valence-electron chi connectivity index (χ2n) is 8.94. The van der Waals surface area contributed by atoms with Crippen molar-refractivity contribution in [3.63, 3.8) is 0 Å². The number of anilines is 2. The van der Waals surface area contributed by atoms with Crippen LogP contribution >= 0.6 is 0 Å². The Balaban J connectivity index is 1.65. The van der Waals surface area contributed by atoms with E-state index >= 15 is 0 Å². The fourth-order valence-electron chi connectivity index (χ4n) is 4.53. The van der Waals surface area contributed by atoms with Crippen molar-refractivity contribution in [1.29, 1.82) is 0 Å². The molecule has 3 aromatic rings. The van der Waals surface area contributed by atoms with Gasteiger partial charge in [-0.15, -0.1) is 0 Å². The second-order valence-corrected chi connectivity index (χ2v) is 8.94. The van der Waals surface area contributed by atoms with Crippen LogP contribution in [0.15, 0.2) is 30.3 Å². The lowest BCUT2D eigenvalue weighted by Gasteiger charge is -2.37. The number of fused-ring (bicyclic) bond motifs is 1. The predicted octanol–water partition coefficient (Wildman–Crippen LogP) is 3.05. The molecule has 2 aliphatic rings. The third-order valence-corrected chi connectivity index (χ3v) is 6.46. The van der Waals surface area contributed by atoms with E-state index in [0.29, 0.717) is 50.3 Å². The van der Waals surface area contributed by atoms with E-state index in [1.54, 1.807) is 12.1 Å². The zero-order valence-electron chi connectivity index (χ0n) is 19.7. The first-order valence-corrected chi connectivity index (χ1v) is 11.6. The number of phenols is 1. The molecule has 2 aromatic heterocycles. The third kappa shape index (κ3) is 4.17. The number of aromatic nitrogens is 3. The van der Waals surface area contributed by atoms with Crippen molar-refractivity contribution >= 4 is 28.6 Å². The molecule has 5 rings (SSSR count). The summed E-state index contributed by atoms with van der Waals surface area (Å²) in [6.07, 6.45) is 0. The lowest BCUT2D eigenvalue weighted by Crippen LogP contribution is -2.46. The monoisotopic (exact) mass is 463 g/mol. The van der Waals surface area contributed by atoms with E-state index in [0.717, 1.165) is 23.3 Å². The number of carbonyl (C=O) groups excluding carboxylic acids is 1. The van der Waals surface area contributed by atoms with Crippen LogP contribution in [0, 0.1) is 0 Å². The molecular weight excluding hydrogens is 434 g/mol. The summed E-state index contributed by atoms with van der Waals surface area (Å²) in [5.74, 6) is 1.25. The van der Waals surface area contributed by atoms with Gasteiger partial charge in [0.25, 0.3) is 0 Å². The number of hydrogen-bond acceptors (Lipinski definition) is 9. The van der Waals surface area contributed by atoms with Gasteiger partial charge in [0, 0.05) is 18.7 Å². The van der Waals surface area contributed by atoms with Gasteiger partial charge < -0.3 is 24.4 Å². The first-order chi connectivity index (χ1) is 16.4. The topological polar surface area (TPSA) is 101 Å². The second kappa shape index (κ2) is 9.15. The van der Waals surface area contributed by atoms with Gasteiger partial charge in [-0.2, -0.15) is 9.97 Å². The summed E-state index contributed by atoms with van der Waals surface area (Å²) in [6, 6.07) is 9.18. The Morgan fingerprint density at radius 1 is 0.971 bits per heavy atom. The minimum absolute atomic E-state index is 0.0356. The SMILES string of the molecule is CC(=O)c1cc(-c2ccc3c(N4CCOC[C@@H]4C)nc(N4CCOC[C@@H]4C)nc3n2)ccc1O. The lowest BCUT2D eigenvalue weighted by atomic mass is 10.0. The molecule has 0 saturated carbocycles. The summed E-state index contributed by atoms with van der Waals surface area (Å²) < 4.78 is 11.3. The van der Waals surface area contributed by atoms with Crippen LogP contribution < -0.4 is 9.80 Å². The first-order valence-electron chi connectivity index (χ1n) is 11.6.